The van der Waals surface area contributed by atoms with E-state index in [2.05, 4.69) is 10.3 Å². The summed E-state index contributed by atoms with van der Waals surface area (Å²) < 4.78 is 2.01. The third-order valence-corrected chi connectivity index (χ3v) is 5.40. The van der Waals surface area contributed by atoms with E-state index in [-0.39, 0.29) is 5.78 Å². The summed E-state index contributed by atoms with van der Waals surface area (Å²) in [6.07, 6.45) is 7.01. The number of thiophene rings is 1. The molecule has 0 bridgehead atoms. The van der Waals surface area contributed by atoms with E-state index in [4.69, 9.17) is 5.73 Å². The number of nitrogens with zero attached hydrogens (tertiary/aromatic N) is 2. The second-order valence-corrected chi connectivity index (χ2v) is 6.45. The van der Waals surface area contributed by atoms with Crippen LogP contribution in [0.25, 0.3) is 0 Å². The predicted octanol–water partition coefficient (Wildman–Crippen LogP) is 3.03. The molecule has 0 amide bonds. The van der Waals surface area contributed by atoms with Crippen LogP contribution in [0.4, 0.5) is 10.7 Å². The number of imidazole rings is 1. The number of nitrogens with two attached hydrogens (primary N) is 1. The lowest BCUT2D eigenvalue weighted by Gasteiger charge is -2.06. The van der Waals surface area contributed by atoms with Crippen LogP contribution in [0.1, 0.15) is 28.8 Å². The number of aryl methyl sites for hydroxylation is 1. The van der Waals surface area contributed by atoms with E-state index in [0.717, 1.165) is 28.7 Å². The van der Waals surface area contributed by atoms with Gasteiger partial charge < -0.3 is 15.6 Å². The van der Waals surface area contributed by atoms with Crippen molar-refractivity contribution < 1.29 is 4.79 Å². The third kappa shape index (κ3) is 3.41. The van der Waals surface area contributed by atoms with Crippen LogP contribution in [0, 0.1) is 0 Å². The van der Waals surface area contributed by atoms with Crippen LogP contribution in [-0.2, 0) is 13.5 Å². The molecule has 5 nitrogen and oxygen atoms in total. The first-order valence-electron chi connectivity index (χ1n) is 6.78. The number of Topliss-reactive ketones (excluding diaryl/α,β-unsaturated/α-hetero) is 1. The molecule has 0 fully saturated rings. The quantitative estimate of drug-likeness (QED) is 0.605. The highest BCUT2D eigenvalue weighted by Gasteiger charge is 2.19. The second-order valence-electron chi connectivity index (χ2n) is 4.62. The van der Waals surface area contributed by atoms with Gasteiger partial charge in [0.2, 0.25) is 0 Å². The van der Waals surface area contributed by atoms with Crippen LogP contribution < -0.4 is 11.1 Å². The van der Waals surface area contributed by atoms with Crippen molar-refractivity contribution in [2.45, 2.75) is 24.7 Å². The Morgan fingerprint density at radius 2 is 2.33 bits per heavy atom. The van der Waals surface area contributed by atoms with Crippen molar-refractivity contribution >= 4 is 39.6 Å². The van der Waals surface area contributed by atoms with E-state index < -0.39 is 0 Å². The van der Waals surface area contributed by atoms with Gasteiger partial charge in [0, 0.05) is 38.8 Å². The maximum Gasteiger partial charge on any atom is 0.174 e. The number of nitrogen functional groups attached to an aromatic ring is 1. The number of carbonyl (C=O) groups is 1. The number of anilines is 2. The number of nitrogens with one attached hydrogen (secondary N) is 1. The summed E-state index contributed by atoms with van der Waals surface area (Å²) >= 11 is 3.02. The highest BCUT2D eigenvalue weighted by atomic mass is 32.2. The highest BCUT2D eigenvalue weighted by molar-refractivity contribution is 7.99. The Labute approximate surface area is 132 Å². The molecule has 2 aromatic rings. The van der Waals surface area contributed by atoms with E-state index in [9.17, 15) is 4.79 Å². The van der Waals surface area contributed by atoms with Gasteiger partial charge in [-0.15, -0.1) is 23.1 Å². The molecule has 0 radical (unpaired) electrons. The Morgan fingerprint density at radius 1 is 1.57 bits per heavy atom. The Morgan fingerprint density at radius 3 is 2.90 bits per heavy atom. The van der Waals surface area contributed by atoms with Crippen molar-refractivity contribution in [2.24, 2.45) is 7.05 Å². The first-order valence-corrected chi connectivity index (χ1v) is 8.82. The van der Waals surface area contributed by atoms with Gasteiger partial charge in [0.15, 0.2) is 5.78 Å². The molecular weight excluding hydrogens is 304 g/mol. The molecule has 7 heteroatoms. The zero-order valence-corrected chi connectivity index (χ0v) is 14.1. The molecule has 114 valence electrons. The lowest BCUT2D eigenvalue weighted by molar-refractivity contribution is 0.0992. The third-order valence-electron chi connectivity index (χ3n) is 3.23. The number of carbonyl (C=O) groups excluding carboxylic acids is 1. The second kappa shape index (κ2) is 7.00. The fraction of sp³-hybridized carbons (Fsp3) is 0.429. The molecule has 0 aromatic carbocycles. The smallest absolute Gasteiger partial charge is 0.174 e. The monoisotopic (exact) mass is 324 g/mol. The van der Waals surface area contributed by atoms with Gasteiger partial charge in [-0.3, -0.25) is 4.79 Å². The maximum atomic E-state index is 11.9. The van der Waals surface area contributed by atoms with Crippen molar-refractivity contribution in [3.63, 3.8) is 0 Å². The van der Waals surface area contributed by atoms with Crippen molar-refractivity contribution in [3.8, 4) is 0 Å². The Bertz CT molecular complexity index is 633. The lowest BCUT2D eigenvalue weighted by atomic mass is 10.2. The average Bonchev–Trinajstić information content (AvgIpc) is 3.02. The number of thioether (sulfide) groups is 1. The number of hydrogen-bond donors (Lipinski definition) is 2. The minimum Gasteiger partial charge on any atom is -0.396 e. The fourth-order valence-corrected chi connectivity index (χ4v) is 4.11. The Hall–Kier alpha value is -1.47. The van der Waals surface area contributed by atoms with Crippen molar-refractivity contribution in [3.05, 3.63) is 23.1 Å². The van der Waals surface area contributed by atoms with Crippen LogP contribution in [-0.4, -0.2) is 28.1 Å². The summed E-state index contributed by atoms with van der Waals surface area (Å²) in [5.41, 5.74) is 6.70. The maximum absolute atomic E-state index is 11.9. The zero-order chi connectivity index (χ0) is 15.4. The highest BCUT2D eigenvalue weighted by Crippen LogP contribution is 2.42. The van der Waals surface area contributed by atoms with Crippen molar-refractivity contribution in [1.29, 1.82) is 0 Å². The van der Waals surface area contributed by atoms with Gasteiger partial charge >= 0.3 is 0 Å². The number of hydrogen-bond acceptors (Lipinski definition) is 6. The van der Waals surface area contributed by atoms with Gasteiger partial charge in [-0.1, -0.05) is 6.92 Å². The van der Waals surface area contributed by atoms with E-state index in [1.54, 1.807) is 18.0 Å². The normalized spacial score (nSPS) is 10.8. The Kier molecular flexibility index (Phi) is 5.30. The summed E-state index contributed by atoms with van der Waals surface area (Å²) in [6.45, 7) is 2.62. The largest absolute Gasteiger partial charge is 0.396 e. The number of rotatable bonds is 7. The van der Waals surface area contributed by atoms with E-state index in [1.165, 1.54) is 11.3 Å². The zero-order valence-electron chi connectivity index (χ0n) is 12.5. The Balaban J connectivity index is 2.09. The molecule has 2 aromatic heterocycles. The fourth-order valence-electron chi connectivity index (χ4n) is 2.04. The minimum atomic E-state index is 0.102. The van der Waals surface area contributed by atoms with Gasteiger partial charge in [-0.05, 0) is 6.26 Å². The predicted molar refractivity (Wildman–Crippen MR) is 90.5 cm³/mol. The van der Waals surface area contributed by atoms with Gasteiger partial charge in [0.25, 0.3) is 0 Å². The molecule has 21 heavy (non-hydrogen) atoms. The molecule has 0 aliphatic heterocycles. The molecule has 0 saturated carbocycles. The molecule has 3 N–H and O–H groups in total. The van der Waals surface area contributed by atoms with Crippen LogP contribution in [0.15, 0.2) is 17.3 Å². The average molecular weight is 324 g/mol. The van der Waals surface area contributed by atoms with E-state index in [1.807, 2.05) is 31.0 Å². The molecule has 2 rings (SSSR count). The first-order chi connectivity index (χ1) is 10.1. The number of aromatic nitrogens is 2. The summed E-state index contributed by atoms with van der Waals surface area (Å²) in [7, 11) is 1.98. The summed E-state index contributed by atoms with van der Waals surface area (Å²) in [5.74, 6) is 1.13. The van der Waals surface area contributed by atoms with Crippen LogP contribution >= 0.6 is 23.1 Å². The molecule has 0 aliphatic carbocycles. The molecule has 0 aliphatic rings. The molecule has 0 unspecified atom stereocenters. The summed E-state index contributed by atoms with van der Waals surface area (Å²) in [5, 5.41) is 4.36. The SMILES string of the molecule is CCC(=O)c1sc(NCCc2nccn2C)c(SC)c1N. The first kappa shape index (κ1) is 15.9. The standard InChI is InChI=1S/C14H20N4OS2/c1-4-9(19)12-11(15)13(20-3)14(21-12)17-6-5-10-16-7-8-18(10)2/h7-8,17H,4-6,15H2,1-3H3. The molecule has 2 heterocycles. The summed E-state index contributed by atoms with van der Waals surface area (Å²) in [6, 6.07) is 0. The lowest BCUT2D eigenvalue weighted by Crippen LogP contribution is -2.08. The van der Waals surface area contributed by atoms with E-state index >= 15 is 0 Å². The minimum absolute atomic E-state index is 0.102. The van der Waals surface area contributed by atoms with E-state index in [0.29, 0.717) is 17.0 Å². The van der Waals surface area contributed by atoms with Crippen molar-refractivity contribution in [1.82, 2.24) is 9.55 Å². The molecular formula is C14H20N4OS2. The topological polar surface area (TPSA) is 72.9 Å². The number of ketones is 1. The van der Waals surface area contributed by atoms with Gasteiger partial charge in [-0.2, -0.15) is 0 Å². The summed E-state index contributed by atoms with van der Waals surface area (Å²) in [4.78, 5) is 17.8. The van der Waals surface area contributed by atoms with Crippen LogP contribution in [0.3, 0.4) is 0 Å². The van der Waals surface area contributed by atoms with Crippen LogP contribution in [0.5, 0.6) is 0 Å². The van der Waals surface area contributed by atoms with Gasteiger partial charge in [-0.25, -0.2) is 4.98 Å². The molecule has 0 saturated heterocycles. The van der Waals surface area contributed by atoms with Crippen molar-refractivity contribution in [2.75, 3.05) is 23.9 Å². The van der Waals surface area contributed by atoms with Crippen LogP contribution in [0.2, 0.25) is 0 Å². The van der Waals surface area contributed by atoms with Gasteiger partial charge in [0.05, 0.1) is 15.5 Å². The van der Waals surface area contributed by atoms with Gasteiger partial charge in [0.1, 0.15) is 10.8 Å². The molecule has 0 spiro atoms. The molecule has 0 atom stereocenters.